The van der Waals surface area contributed by atoms with E-state index in [1.54, 1.807) is 0 Å². The van der Waals surface area contributed by atoms with Gasteiger partial charge in [0.05, 0.1) is 12.8 Å². The van der Waals surface area contributed by atoms with E-state index in [0.29, 0.717) is 5.54 Å². The van der Waals surface area contributed by atoms with Gasteiger partial charge in [0, 0.05) is 17.6 Å². The van der Waals surface area contributed by atoms with Crippen molar-refractivity contribution in [2.24, 2.45) is 0 Å². The number of nitrogens with one attached hydrogen (secondary N) is 1. The molecule has 1 aromatic heterocycles. The molecule has 0 aromatic carbocycles. The topological polar surface area (TPSA) is 28.4 Å². The SMILES string of the molecule is CCCNCc1coc(CN2CCCC2(C)C)c1. The van der Waals surface area contributed by atoms with Gasteiger partial charge < -0.3 is 9.73 Å². The van der Waals surface area contributed by atoms with Crippen LogP contribution >= 0.6 is 0 Å². The average molecular weight is 250 g/mol. The van der Waals surface area contributed by atoms with Crippen LogP contribution in [0.3, 0.4) is 0 Å². The molecule has 18 heavy (non-hydrogen) atoms. The smallest absolute Gasteiger partial charge is 0.118 e. The normalized spacial score (nSPS) is 19.5. The van der Waals surface area contributed by atoms with Crippen LogP contribution in [-0.2, 0) is 13.1 Å². The largest absolute Gasteiger partial charge is 0.468 e. The number of hydrogen-bond donors (Lipinski definition) is 1. The summed E-state index contributed by atoms with van der Waals surface area (Å²) in [5.41, 5.74) is 1.59. The summed E-state index contributed by atoms with van der Waals surface area (Å²) in [6, 6.07) is 2.19. The second-order valence-corrected chi connectivity index (χ2v) is 5.94. The van der Waals surface area contributed by atoms with Crippen molar-refractivity contribution in [2.45, 2.75) is 58.7 Å². The Balaban J connectivity index is 1.86. The van der Waals surface area contributed by atoms with Gasteiger partial charge in [-0.3, -0.25) is 4.90 Å². The fourth-order valence-electron chi connectivity index (χ4n) is 2.66. The van der Waals surface area contributed by atoms with Gasteiger partial charge in [-0.2, -0.15) is 0 Å². The van der Waals surface area contributed by atoms with E-state index in [4.69, 9.17) is 4.42 Å². The maximum Gasteiger partial charge on any atom is 0.118 e. The summed E-state index contributed by atoms with van der Waals surface area (Å²) in [5.74, 6) is 1.10. The summed E-state index contributed by atoms with van der Waals surface area (Å²) in [4.78, 5) is 2.52. The maximum absolute atomic E-state index is 5.67. The lowest BCUT2D eigenvalue weighted by Crippen LogP contribution is -2.37. The Morgan fingerprint density at radius 3 is 2.94 bits per heavy atom. The molecule has 3 heteroatoms. The monoisotopic (exact) mass is 250 g/mol. The number of nitrogens with zero attached hydrogens (tertiary/aromatic N) is 1. The van der Waals surface area contributed by atoms with Crippen molar-refractivity contribution < 1.29 is 4.42 Å². The van der Waals surface area contributed by atoms with Gasteiger partial charge in [0.15, 0.2) is 0 Å². The summed E-state index contributed by atoms with van der Waals surface area (Å²) in [6.07, 6.45) is 5.66. The summed E-state index contributed by atoms with van der Waals surface area (Å²) in [6.45, 7) is 11.0. The van der Waals surface area contributed by atoms with E-state index >= 15 is 0 Å². The zero-order chi connectivity index (χ0) is 13.0. The molecule has 2 heterocycles. The fraction of sp³-hybridized carbons (Fsp3) is 0.733. The molecule has 0 bridgehead atoms. The van der Waals surface area contributed by atoms with E-state index in [1.165, 1.54) is 31.4 Å². The molecular weight excluding hydrogens is 224 g/mol. The van der Waals surface area contributed by atoms with E-state index in [0.717, 1.165) is 25.4 Å². The molecular formula is C15H26N2O. The molecule has 0 radical (unpaired) electrons. The molecule has 1 saturated heterocycles. The first kappa shape index (κ1) is 13.6. The molecule has 3 nitrogen and oxygen atoms in total. The molecule has 0 amide bonds. The summed E-state index contributed by atoms with van der Waals surface area (Å²) >= 11 is 0. The van der Waals surface area contributed by atoms with Crippen molar-refractivity contribution in [2.75, 3.05) is 13.1 Å². The van der Waals surface area contributed by atoms with Gasteiger partial charge in [0.2, 0.25) is 0 Å². The van der Waals surface area contributed by atoms with Gasteiger partial charge in [0.25, 0.3) is 0 Å². The first-order valence-corrected chi connectivity index (χ1v) is 7.14. The van der Waals surface area contributed by atoms with Gasteiger partial charge in [-0.15, -0.1) is 0 Å². The third-order valence-corrected chi connectivity index (χ3v) is 3.88. The molecule has 0 saturated carbocycles. The third kappa shape index (κ3) is 3.36. The van der Waals surface area contributed by atoms with Crippen molar-refractivity contribution in [3.8, 4) is 0 Å². The zero-order valence-electron chi connectivity index (χ0n) is 12.0. The average Bonchev–Trinajstić information content (AvgIpc) is 2.88. The summed E-state index contributed by atoms with van der Waals surface area (Å²) in [5, 5.41) is 3.40. The highest BCUT2D eigenvalue weighted by atomic mass is 16.3. The highest BCUT2D eigenvalue weighted by molar-refractivity contribution is 5.13. The van der Waals surface area contributed by atoms with Gasteiger partial charge in [-0.05, 0) is 52.3 Å². The Morgan fingerprint density at radius 1 is 1.44 bits per heavy atom. The number of likely N-dealkylation sites (tertiary alicyclic amines) is 1. The molecule has 1 aliphatic rings. The van der Waals surface area contributed by atoms with Crippen molar-refractivity contribution in [3.63, 3.8) is 0 Å². The lowest BCUT2D eigenvalue weighted by Gasteiger charge is -2.30. The first-order valence-electron chi connectivity index (χ1n) is 7.14. The van der Waals surface area contributed by atoms with Crippen molar-refractivity contribution in [1.29, 1.82) is 0 Å². The summed E-state index contributed by atoms with van der Waals surface area (Å²) in [7, 11) is 0. The second-order valence-electron chi connectivity index (χ2n) is 5.94. The Hall–Kier alpha value is -0.800. The number of rotatable bonds is 6. The van der Waals surface area contributed by atoms with Crippen LogP contribution < -0.4 is 5.32 Å². The van der Waals surface area contributed by atoms with Crippen LogP contribution in [0.25, 0.3) is 0 Å². The molecule has 1 aromatic rings. The van der Waals surface area contributed by atoms with Gasteiger partial charge in [0.1, 0.15) is 5.76 Å². The first-order chi connectivity index (χ1) is 8.62. The maximum atomic E-state index is 5.67. The fourth-order valence-corrected chi connectivity index (χ4v) is 2.66. The van der Waals surface area contributed by atoms with Gasteiger partial charge in [-0.25, -0.2) is 0 Å². The van der Waals surface area contributed by atoms with Crippen LogP contribution in [0.5, 0.6) is 0 Å². The van der Waals surface area contributed by atoms with Gasteiger partial charge >= 0.3 is 0 Å². The molecule has 2 rings (SSSR count). The van der Waals surface area contributed by atoms with Crippen LogP contribution in [0.15, 0.2) is 16.7 Å². The van der Waals surface area contributed by atoms with E-state index in [9.17, 15) is 0 Å². The van der Waals surface area contributed by atoms with Crippen molar-refractivity contribution in [3.05, 3.63) is 23.7 Å². The number of furan rings is 1. The van der Waals surface area contributed by atoms with Crippen molar-refractivity contribution in [1.82, 2.24) is 10.2 Å². The van der Waals surface area contributed by atoms with Crippen LogP contribution in [-0.4, -0.2) is 23.5 Å². The van der Waals surface area contributed by atoms with E-state index in [1.807, 2.05) is 6.26 Å². The molecule has 0 unspecified atom stereocenters. The molecule has 0 spiro atoms. The Labute approximate surface area is 111 Å². The lowest BCUT2D eigenvalue weighted by atomic mass is 10.0. The highest BCUT2D eigenvalue weighted by Crippen LogP contribution is 2.29. The molecule has 102 valence electrons. The van der Waals surface area contributed by atoms with Crippen LogP contribution in [0, 0.1) is 0 Å². The Morgan fingerprint density at radius 2 is 2.28 bits per heavy atom. The van der Waals surface area contributed by atoms with Crippen LogP contribution in [0.2, 0.25) is 0 Å². The lowest BCUT2D eigenvalue weighted by molar-refractivity contribution is 0.154. The standard InChI is InChI=1S/C15H26N2O/c1-4-7-16-10-13-9-14(18-12-13)11-17-8-5-6-15(17,2)3/h9,12,16H,4-8,10-11H2,1-3H3. The second kappa shape index (κ2) is 5.89. The summed E-state index contributed by atoms with van der Waals surface area (Å²) < 4.78 is 5.67. The predicted octanol–water partition coefficient (Wildman–Crippen LogP) is 3.15. The third-order valence-electron chi connectivity index (χ3n) is 3.88. The van der Waals surface area contributed by atoms with Crippen molar-refractivity contribution >= 4 is 0 Å². The predicted molar refractivity (Wildman–Crippen MR) is 74.4 cm³/mol. The Bertz CT molecular complexity index is 370. The van der Waals surface area contributed by atoms with E-state index in [2.05, 4.69) is 37.1 Å². The quantitative estimate of drug-likeness (QED) is 0.786. The van der Waals surface area contributed by atoms with Crippen LogP contribution in [0.4, 0.5) is 0 Å². The molecule has 1 aliphatic heterocycles. The minimum atomic E-state index is 0.327. The minimum absolute atomic E-state index is 0.327. The zero-order valence-corrected chi connectivity index (χ0v) is 12.0. The highest BCUT2D eigenvalue weighted by Gasteiger charge is 2.32. The molecule has 0 atom stereocenters. The van der Waals surface area contributed by atoms with Crippen LogP contribution in [0.1, 0.15) is 51.4 Å². The van der Waals surface area contributed by atoms with E-state index < -0.39 is 0 Å². The minimum Gasteiger partial charge on any atom is -0.468 e. The molecule has 1 fully saturated rings. The molecule has 1 N–H and O–H groups in total. The van der Waals surface area contributed by atoms with Gasteiger partial charge in [-0.1, -0.05) is 6.92 Å². The Kier molecular flexibility index (Phi) is 4.46. The number of hydrogen-bond acceptors (Lipinski definition) is 3. The van der Waals surface area contributed by atoms with E-state index in [-0.39, 0.29) is 0 Å². The molecule has 0 aliphatic carbocycles.